The van der Waals surface area contributed by atoms with Crippen LogP contribution in [0.25, 0.3) is 0 Å². The highest BCUT2D eigenvalue weighted by Crippen LogP contribution is 2.47. The Morgan fingerprint density at radius 1 is 0.657 bits per heavy atom. The smallest absolute Gasteiger partial charge is 0.402 e. The molecule has 1 unspecified atom stereocenters. The molecule has 0 bridgehead atoms. The first-order valence-corrected chi connectivity index (χ1v) is 13.0. The van der Waals surface area contributed by atoms with E-state index in [1.54, 1.807) is 0 Å². The van der Waals surface area contributed by atoms with Crippen LogP contribution in [0.2, 0.25) is 0 Å². The van der Waals surface area contributed by atoms with Crippen LogP contribution < -0.4 is 0 Å². The van der Waals surface area contributed by atoms with Gasteiger partial charge in [0.15, 0.2) is 0 Å². The van der Waals surface area contributed by atoms with E-state index in [-0.39, 0.29) is 5.92 Å². The second kappa shape index (κ2) is 14.2. The van der Waals surface area contributed by atoms with Crippen LogP contribution in [0.1, 0.15) is 63.6 Å². The quantitative estimate of drug-likeness (QED) is 0.264. The Kier molecular flexibility index (Phi) is 11.7. The average molecular weight is 476 g/mol. The zero-order valence-electron chi connectivity index (χ0n) is 22.1. The van der Waals surface area contributed by atoms with Gasteiger partial charge in [0.2, 0.25) is 0 Å². The Morgan fingerprint density at radius 3 is 1.31 bits per heavy atom. The van der Waals surface area contributed by atoms with Gasteiger partial charge in [-0.25, -0.2) is 0 Å². The fourth-order valence-corrected chi connectivity index (χ4v) is 5.11. The third kappa shape index (κ3) is 7.05. The molecule has 3 rings (SSSR count). The molecule has 0 aliphatic rings. The van der Waals surface area contributed by atoms with Crippen LogP contribution in [-0.4, -0.2) is 48.0 Å². The van der Waals surface area contributed by atoms with Gasteiger partial charge < -0.3 is 19.2 Å². The Labute approximate surface area is 213 Å². The molecule has 0 spiro atoms. The molecule has 0 radical (unpaired) electrons. The van der Waals surface area contributed by atoms with Gasteiger partial charge in [-0.1, -0.05) is 97.9 Å². The van der Waals surface area contributed by atoms with Gasteiger partial charge in [-0.05, 0) is 50.8 Å². The summed E-state index contributed by atoms with van der Waals surface area (Å²) in [6, 6.07) is 29.6. The minimum Gasteiger partial charge on any atom is -0.402 e. The van der Waals surface area contributed by atoms with E-state index in [2.05, 4.69) is 46.8 Å². The lowest BCUT2D eigenvalue weighted by Gasteiger charge is -2.42. The van der Waals surface area contributed by atoms with Gasteiger partial charge in [0.1, 0.15) is 5.60 Å². The SMILES string of the molecule is CCC(c1ccccc1)C(OB(O)O)(c1ccccc1)c1ccccc1.CC[N+](CC)(CC)CC. The van der Waals surface area contributed by atoms with E-state index in [1.807, 2.05) is 78.9 Å². The first-order chi connectivity index (χ1) is 16.9. The summed E-state index contributed by atoms with van der Waals surface area (Å²) >= 11 is 0. The van der Waals surface area contributed by atoms with Gasteiger partial charge in [0, 0.05) is 5.92 Å². The van der Waals surface area contributed by atoms with Crippen molar-refractivity contribution in [2.24, 2.45) is 0 Å². The van der Waals surface area contributed by atoms with Crippen LogP contribution in [0.4, 0.5) is 0 Å². The third-order valence-corrected chi connectivity index (χ3v) is 7.48. The molecule has 0 aliphatic carbocycles. The molecule has 0 amide bonds. The standard InChI is InChI=1S/C22H23BO3.C8H20N/c1-2-21(18-12-6-3-7-13-18)22(26-23(24)25,19-14-8-4-9-15-19)20-16-10-5-11-17-20;1-5-9(6-2,7-3)8-4/h3-17,21,24-25H,2H2,1H3;5-8H2,1-4H3/q;+1. The molecule has 4 nitrogen and oxygen atoms in total. The minimum absolute atomic E-state index is 0.102. The third-order valence-electron chi connectivity index (χ3n) is 7.48. The molecule has 0 saturated carbocycles. The van der Waals surface area contributed by atoms with Crippen LogP contribution in [0.3, 0.4) is 0 Å². The number of quaternary nitrogens is 1. The molecule has 5 heteroatoms. The first kappa shape index (κ1) is 28.8. The summed E-state index contributed by atoms with van der Waals surface area (Å²) in [6.07, 6.45) is 0.764. The first-order valence-electron chi connectivity index (χ1n) is 13.0. The van der Waals surface area contributed by atoms with Crippen LogP contribution in [0.5, 0.6) is 0 Å². The Hall–Kier alpha value is -2.44. The molecule has 0 saturated heterocycles. The number of benzene rings is 3. The molecule has 0 fully saturated rings. The van der Waals surface area contributed by atoms with E-state index in [1.165, 1.54) is 30.7 Å². The van der Waals surface area contributed by atoms with Crippen molar-refractivity contribution in [3.05, 3.63) is 108 Å². The molecule has 0 heterocycles. The zero-order chi connectivity index (χ0) is 25.7. The lowest BCUT2D eigenvalue weighted by atomic mass is 9.71. The largest absolute Gasteiger partial charge is 0.634 e. The van der Waals surface area contributed by atoms with Gasteiger partial charge in [-0.3, -0.25) is 0 Å². The molecular weight excluding hydrogens is 433 g/mol. The molecule has 3 aromatic carbocycles. The summed E-state index contributed by atoms with van der Waals surface area (Å²) in [5.74, 6) is -0.102. The Bertz CT molecular complexity index is 890. The lowest BCUT2D eigenvalue weighted by molar-refractivity contribution is -0.921. The van der Waals surface area contributed by atoms with Crippen LogP contribution in [0, 0.1) is 0 Å². The van der Waals surface area contributed by atoms with Crippen LogP contribution in [-0.2, 0) is 10.3 Å². The molecular formula is C30H43BNO3+. The van der Waals surface area contributed by atoms with Gasteiger partial charge in [-0.2, -0.15) is 0 Å². The maximum Gasteiger partial charge on any atom is 0.634 e. The predicted octanol–water partition coefficient (Wildman–Crippen LogP) is 5.99. The lowest BCUT2D eigenvalue weighted by Crippen LogP contribution is -2.47. The molecule has 1 atom stereocenters. The van der Waals surface area contributed by atoms with Gasteiger partial charge >= 0.3 is 7.32 Å². The van der Waals surface area contributed by atoms with Crippen LogP contribution in [0.15, 0.2) is 91.0 Å². The molecule has 0 aliphatic heterocycles. The topological polar surface area (TPSA) is 49.7 Å². The fraction of sp³-hybridized carbons (Fsp3) is 0.400. The van der Waals surface area contributed by atoms with Gasteiger partial charge in [0.25, 0.3) is 0 Å². The van der Waals surface area contributed by atoms with Crippen molar-refractivity contribution < 1.29 is 19.2 Å². The van der Waals surface area contributed by atoms with E-state index in [9.17, 15) is 10.0 Å². The number of hydrogen-bond acceptors (Lipinski definition) is 3. The maximum absolute atomic E-state index is 9.84. The summed E-state index contributed by atoms with van der Waals surface area (Å²) in [4.78, 5) is 0. The molecule has 188 valence electrons. The number of rotatable bonds is 11. The van der Waals surface area contributed by atoms with Gasteiger partial charge in [0.05, 0.1) is 26.2 Å². The maximum atomic E-state index is 9.84. The highest BCUT2D eigenvalue weighted by Gasteiger charge is 2.45. The van der Waals surface area contributed by atoms with E-state index in [0.717, 1.165) is 23.1 Å². The van der Waals surface area contributed by atoms with Gasteiger partial charge in [-0.15, -0.1) is 0 Å². The zero-order valence-corrected chi connectivity index (χ0v) is 22.1. The summed E-state index contributed by atoms with van der Waals surface area (Å²) in [6.45, 7) is 16.3. The fourth-order valence-electron chi connectivity index (χ4n) is 5.11. The van der Waals surface area contributed by atoms with Crippen molar-refractivity contribution in [1.29, 1.82) is 0 Å². The normalized spacial score (nSPS) is 12.4. The second-order valence-electron chi connectivity index (χ2n) is 8.89. The molecule has 0 aromatic heterocycles. The Morgan fingerprint density at radius 2 is 1.03 bits per heavy atom. The summed E-state index contributed by atoms with van der Waals surface area (Å²) < 4.78 is 7.21. The van der Waals surface area contributed by atoms with Crippen molar-refractivity contribution in [3.8, 4) is 0 Å². The van der Waals surface area contributed by atoms with E-state index < -0.39 is 12.9 Å². The summed E-state index contributed by atoms with van der Waals surface area (Å²) in [7, 11) is -1.90. The number of nitrogens with zero attached hydrogens (tertiary/aromatic N) is 1. The minimum atomic E-state index is -1.90. The molecule has 35 heavy (non-hydrogen) atoms. The molecule has 2 N–H and O–H groups in total. The van der Waals surface area contributed by atoms with E-state index >= 15 is 0 Å². The predicted molar refractivity (Wildman–Crippen MR) is 147 cm³/mol. The Balaban J connectivity index is 0.000000410. The van der Waals surface area contributed by atoms with Crippen molar-refractivity contribution in [1.82, 2.24) is 0 Å². The summed E-state index contributed by atoms with van der Waals surface area (Å²) in [5, 5.41) is 19.7. The van der Waals surface area contributed by atoms with Crippen molar-refractivity contribution >= 4 is 7.32 Å². The number of hydrogen-bond donors (Lipinski definition) is 2. The van der Waals surface area contributed by atoms with Crippen molar-refractivity contribution in [2.75, 3.05) is 26.2 Å². The van der Waals surface area contributed by atoms with E-state index in [4.69, 9.17) is 4.65 Å². The van der Waals surface area contributed by atoms with Crippen molar-refractivity contribution in [2.45, 2.75) is 52.6 Å². The van der Waals surface area contributed by atoms with E-state index in [0.29, 0.717) is 0 Å². The highest BCUT2D eigenvalue weighted by molar-refractivity contribution is 6.32. The second-order valence-corrected chi connectivity index (χ2v) is 8.89. The monoisotopic (exact) mass is 476 g/mol. The van der Waals surface area contributed by atoms with Crippen molar-refractivity contribution in [3.63, 3.8) is 0 Å². The van der Waals surface area contributed by atoms with Crippen LogP contribution >= 0.6 is 0 Å². The summed E-state index contributed by atoms with van der Waals surface area (Å²) in [5.41, 5.74) is 1.83. The average Bonchev–Trinajstić information content (AvgIpc) is 2.92. The molecule has 3 aromatic rings. The highest BCUT2D eigenvalue weighted by atomic mass is 16.6.